The van der Waals surface area contributed by atoms with Crippen molar-refractivity contribution < 1.29 is 4.92 Å². The Bertz CT molecular complexity index is 464. The Balaban J connectivity index is 2.95. The zero-order valence-electron chi connectivity index (χ0n) is 10.5. The molecule has 0 bridgehead atoms. The van der Waals surface area contributed by atoms with E-state index >= 15 is 0 Å². The lowest BCUT2D eigenvalue weighted by Gasteiger charge is -2.13. The number of nitro groups is 1. The fraction of sp³-hybridized carbons (Fsp3) is 0.500. The molecule has 18 heavy (non-hydrogen) atoms. The van der Waals surface area contributed by atoms with E-state index in [0.29, 0.717) is 12.5 Å². The molecule has 1 heterocycles. The third-order valence-corrected chi connectivity index (χ3v) is 2.94. The number of nitrogens with zero attached hydrogens (tertiary/aromatic N) is 3. The van der Waals surface area contributed by atoms with Gasteiger partial charge in [-0.2, -0.15) is 5.26 Å². The van der Waals surface area contributed by atoms with Crippen molar-refractivity contribution in [3.05, 3.63) is 27.9 Å². The number of nitrogens with one attached hydrogen (secondary N) is 1. The summed E-state index contributed by atoms with van der Waals surface area (Å²) in [6, 6.07) is 3.16. The molecule has 0 aromatic carbocycles. The van der Waals surface area contributed by atoms with Crippen LogP contribution < -0.4 is 5.32 Å². The Morgan fingerprint density at radius 1 is 1.56 bits per heavy atom. The van der Waals surface area contributed by atoms with E-state index in [0.717, 1.165) is 12.8 Å². The Morgan fingerprint density at radius 3 is 2.72 bits per heavy atom. The maximum Gasteiger partial charge on any atom is 0.328 e. The van der Waals surface area contributed by atoms with Gasteiger partial charge < -0.3 is 5.32 Å². The first-order chi connectivity index (χ1) is 8.63. The van der Waals surface area contributed by atoms with Gasteiger partial charge in [-0.15, -0.1) is 0 Å². The minimum Gasteiger partial charge on any atom is -0.364 e. The van der Waals surface area contributed by atoms with Crippen molar-refractivity contribution >= 4 is 11.5 Å². The van der Waals surface area contributed by atoms with Crippen molar-refractivity contribution in [2.45, 2.75) is 26.7 Å². The smallest absolute Gasteiger partial charge is 0.328 e. The highest BCUT2D eigenvalue weighted by Gasteiger charge is 2.21. The normalized spacial score (nSPS) is 10.1. The van der Waals surface area contributed by atoms with E-state index in [1.165, 1.54) is 12.3 Å². The minimum absolute atomic E-state index is 0.0297. The van der Waals surface area contributed by atoms with Gasteiger partial charge in [0.25, 0.3) is 0 Å². The van der Waals surface area contributed by atoms with Gasteiger partial charge in [-0.1, -0.05) is 26.7 Å². The molecule has 0 amide bonds. The van der Waals surface area contributed by atoms with Crippen LogP contribution in [0.15, 0.2) is 12.3 Å². The highest BCUT2D eigenvalue weighted by Crippen LogP contribution is 2.26. The molecule has 96 valence electrons. The first kappa shape index (κ1) is 13.9. The molecule has 0 unspecified atom stereocenters. The molecule has 0 radical (unpaired) electrons. The molecule has 1 aromatic heterocycles. The van der Waals surface area contributed by atoms with Crippen LogP contribution in [0.5, 0.6) is 0 Å². The van der Waals surface area contributed by atoms with Crippen LogP contribution in [-0.4, -0.2) is 16.5 Å². The van der Waals surface area contributed by atoms with E-state index in [2.05, 4.69) is 24.1 Å². The summed E-state index contributed by atoms with van der Waals surface area (Å²) in [5.74, 6) is 0.614. The summed E-state index contributed by atoms with van der Waals surface area (Å²) in [5, 5.41) is 22.8. The largest absolute Gasteiger partial charge is 0.364 e. The molecule has 6 nitrogen and oxygen atoms in total. The Morgan fingerprint density at radius 2 is 2.22 bits per heavy atom. The topological polar surface area (TPSA) is 91.8 Å². The maximum atomic E-state index is 11.0. The standard InChI is InChI=1S/C12H16N4O2/c1-3-9(4-2)8-15-12-11(16(17)18)10(7-13)5-6-14-12/h5-6,9H,3-4,8H2,1-2H3,(H,14,15). The number of rotatable bonds is 6. The molecular formula is C12H16N4O2. The average Bonchev–Trinajstić information content (AvgIpc) is 2.39. The summed E-state index contributed by atoms with van der Waals surface area (Å²) in [5.41, 5.74) is -0.215. The summed E-state index contributed by atoms with van der Waals surface area (Å²) in [6.07, 6.45) is 3.39. The zero-order valence-corrected chi connectivity index (χ0v) is 10.5. The van der Waals surface area contributed by atoms with Crippen molar-refractivity contribution in [3.63, 3.8) is 0 Å². The third kappa shape index (κ3) is 3.17. The molecule has 0 saturated heterocycles. The highest BCUT2D eigenvalue weighted by atomic mass is 16.6. The first-order valence-electron chi connectivity index (χ1n) is 5.91. The molecule has 1 N–H and O–H groups in total. The average molecular weight is 248 g/mol. The van der Waals surface area contributed by atoms with Crippen LogP contribution in [0.4, 0.5) is 11.5 Å². The molecule has 1 rings (SSSR count). The van der Waals surface area contributed by atoms with Crippen molar-refractivity contribution in [3.8, 4) is 6.07 Å². The van der Waals surface area contributed by atoms with Crippen LogP contribution >= 0.6 is 0 Å². The summed E-state index contributed by atoms with van der Waals surface area (Å²) in [7, 11) is 0. The predicted octanol–water partition coefficient (Wildman–Crippen LogP) is 2.71. The molecule has 0 aliphatic rings. The van der Waals surface area contributed by atoms with Gasteiger partial charge in [-0.05, 0) is 12.0 Å². The molecule has 6 heteroatoms. The molecule has 0 aliphatic carbocycles. The van der Waals surface area contributed by atoms with Gasteiger partial charge in [0.2, 0.25) is 5.82 Å². The van der Waals surface area contributed by atoms with Crippen LogP contribution in [0, 0.1) is 27.4 Å². The van der Waals surface area contributed by atoms with Crippen molar-refractivity contribution in [2.75, 3.05) is 11.9 Å². The number of aromatic nitrogens is 1. The molecule has 0 aliphatic heterocycles. The lowest BCUT2D eigenvalue weighted by molar-refractivity contribution is -0.384. The predicted molar refractivity (Wildman–Crippen MR) is 68.2 cm³/mol. The van der Waals surface area contributed by atoms with E-state index in [9.17, 15) is 10.1 Å². The fourth-order valence-corrected chi connectivity index (χ4v) is 1.68. The number of nitriles is 1. The molecule has 0 fully saturated rings. The van der Waals surface area contributed by atoms with Crippen LogP contribution in [-0.2, 0) is 0 Å². The minimum atomic E-state index is -0.569. The molecule has 0 spiro atoms. The van der Waals surface area contributed by atoms with Crippen LogP contribution in [0.3, 0.4) is 0 Å². The van der Waals surface area contributed by atoms with E-state index in [1.54, 1.807) is 0 Å². The Hall–Kier alpha value is -2.16. The lowest BCUT2D eigenvalue weighted by atomic mass is 10.0. The van der Waals surface area contributed by atoms with Gasteiger partial charge in [0.15, 0.2) is 0 Å². The van der Waals surface area contributed by atoms with Gasteiger partial charge in [0.1, 0.15) is 11.6 Å². The monoisotopic (exact) mass is 248 g/mol. The van der Waals surface area contributed by atoms with Crippen LogP contribution in [0.25, 0.3) is 0 Å². The van der Waals surface area contributed by atoms with E-state index in [1.807, 2.05) is 6.07 Å². The van der Waals surface area contributed by atoms with Crippen molar-refractivity contribution in [1.82, 2.24) is 4.98 Å². The van der Waals surface area contributed by atoms with Gasteiger partial charge in [-0.3, -0.25) is 10.1 Å². The second kappa shape index (κ2) is 6.55. The quantitative estimate of drug-likeness (QED) is 0.617. The van der Waals surface area contributed by atoms with Crippen molar-refractivity contribution in [2.24, 2.45) is 5.92 Å². The highest BCUT2D eigenvalue weighted by molar-refractivity contribution is 5.63. The number of hydrogen-bond acceptors (Lipinski definition) is 5. The van der Waals surface area contributed by atoms with Gasteiger partial charge in [0.05, 0.1) is 4.92 Å². The van der Waals surface area contributed by atoms with E-state index in [-0.39, 0.29) is 17.1 Å². The summed E-state index contributed by atoms with van der Waals surface area (Å²) in [4.78, 5) is 14.3. The lowest BCUT2D eigenvalue weighted by Crippen LogP contribution is -2.15. The SMILES string of the molecule is CCC(CC)CNc1nccc(C#N)c1[N+](=O)[O-]. The second-order valence-corrected chi connectivity index (χ2v) is 3.99. The number of anilines is 1. The van der Waals surface area contributed by atoms with Crippen LogP contribution in [0.1, 0.15) is 32.3 Å². The molecule has 1 aromatic rings. The van der Waals surface area contributed by atoms with E-state index in [4.69, 9.17) is 5.26 Å². The summed E-state index contributed by atoms with van der Waals surface area (Å²) < 4.78 is 0. The van der Waals surface area contributed by atoms with Crippen LogP contribution in [0.2, 0.25) is 0 Å². The van der Waals surface area contributed by atoms with E-state index < -0.39 is 4.92 Å². The van der Waals surface area contributed by atoms with Gasteiger partial charge in [0, 0.05) is 12.7 Å². The maximum absolute atomic E-state index is 11.0. The number of pyridine rings is 1. The molecule has 0 saturated carbocycles. The molecule has 0 atom stereocenters. The van der Waals surface area contributed by atoms with Gasteiger partial charge in [-0.25, -0.2) is 4.98 Å². The van der Waals surface area contributed by atoms with Gasteiger partial charge >= 0.3 is 5.69 Å². The summed E-state index contributed by atoms with van der Waals surface area (Å²) >= 11 is 0. The fourth-order valence-electron chi connectivity index (χ4n) is 1.68. The first-order valence-corrected chi connectivity index (χ1v) is 5.91. The Labute approximate surface area is 106 Å². The Kier molecular flexibility index (Phi) is 5.06. The second-order valence-electron chi connectivity index (χ2n) is 3.99. The van der Waals surface area contributed by atoms with Crippen molar-refractivity contribution in [1.29, 1.82) is 5.26 Å². The zero-order chi connectivity index (χ0) is 13.5. The summed E-state index contributed by atoms with van der Waals surface area (Å²) in [6.45, 7) is 4.77. The third-order valence-electron chi connectivity index (χ3n) is 2.94. The number of hydrogen-bond donors (Lipinski definition) is 1. The molecular weight excluding hydrogens is 232 g/mol.